The van der Waals surface area contributed by atoms with Crippen molar-refractivity contribution >= 4 is 39.4 Å². The van der Waals surface area contributed by atoms with Gasteiger partial charge in [-0.1, -0.05) is 17.8 Å². The van der Waals surface area contributed by atoms with Gasteiger partial charge in [0.15, 0.2) is 5.12 Å². The van der Waals surface area contributed by atoms with E-state index in [0.717, 1.165) is 16.6 Å². The average Bonchev–Trinajstić information content (AvgIpc) is 2.93. The molecule has 0 spiro atoms. The van der Waals surface area contributed by atoms with E-state index >= 15 is 0 Å². The Morgan fingerprint density at radius 1 is 1.45 bits per heavy atom. The first-order valence-corrected chi connectivity index (χ1v) is 7.32. The lowest BCUT2D eigenvalue weighted by molar-refractivity contribution is -0.117. The number of aryl methyl sites for hydroxylation is 1. The number of hydrogen-bond acceptors (Lipinski definition) is 4. The molecule has 1 aromatic carbocycles. The Kier molecular flexibility index (Phi) is 3.25. The number of amides is 1. The summed E-state index contributed by atoms with van der Waals surface area (Å²) in [4.78, 5) is 25.1. The lowest BCUT2D eigenvalue weighted by atomic mass is 10.2. The number of nitrogens with zero attached hydrogens (tertiary/aromatic N) is 3. The molecule has 0 bridgehead atoms. The summed E-state index contributed by atoms with van der Waals surface area (Å²) in [6, 6.07) is 5.84. The zero-order valence-electron chi connectivity index (χ0n) is 11.4. The minimum atomic E-state index is 0.0481. The molecular formula is C14H15N3O2S. The van der Waals surface area contributed by atoms with Crippen molar-refractivity contribution in [3.63, 3.8) is 0 Å². The molecule has 1 saturated heterocycles. The van der Waals surface area contributed by atoms with Crippen LogP contribution in [0.2, 0.25) is 0 Å². The topological polar surface area (TPSA) is 55.2 Å². The Morgan fingerprint density at radius 3 is 3.00 bits per heavy atom. The van der Waals surface area contributed by atoms with E-state index in [4.69, 9.17) is 0 Å². The molecule has 0 N–H and O–H groups in total. The van der Waals surface area contributed by atoms with Crippen molar-refractivity contribution in [2.45, 2.75) is 18.6 Å². The molecule has 0 saturated carbocycles. The highest BCUT2D eigenvalue weighted by Gasteiger charge is 2.32. The smallest absolute Gasteiger partial charge is 0.228 e. The molecule has 5 nitrogen and oxygen atoms in total. The standard InChI is InChI=1S/C14H15N3O2S/c1-9(18)20-10-6-14(19)17(8-10)13-5-3-4-12-11(13)7-15-16(12)2/h3-5,7,10H,6,8H2,1-2H3. The predicted molar refractivity (Wildman–Crippen MR) is 79.7 cm³/mol. The molecule has 1 aliphatic rings. The number of hydrogen-bond donors (Lipinski definition) is 0. The van der Waals surface area contributed by atoms with Crippen LogP contribution in [-0.2, 0) is 16.6 Å². The zero-order chi connectivity index (χ0) is 14.3. The Labute approximate surface area is 120 Å². The highest BCUT2D eigenvalue weighted by Crippen LogP contribution is 2.33. The van der Waals surface area contributed by atoms with E-state index in [2.05, 4.69) is 5.10 Å². The van der Waals surface area contributed by atoms with Crippen LogP contribution in [0.1, 0.15) is 13.3 Å². The van der Waals surface area contributed by atoms with E-state index < -0.39 is 0 Å². The molecule has 2 heterocycles. The second-order valence-electron chi connectivity index (χ2n) is 4.92. The number of carbonyl (C=O) groups excluding carboxylic acids is 2. The van der Waals surface area contributed by atoms with Crippen molar-refractivity contribution in [3.05, 3.63) is 24.4 Å². The molecule has 6 heteroatoms. The van der Waals surface area contributed by atoms with Gasteiger partial charge in [0.25, 0.3) is 0 Å². The van der Waals surface area contributed by atoms with Crippen molar-refractivity contribution in [1.82, 2.24) is 9.78 Å². The zero-order valence-corrected chi connectivity index (χ0v) is 12.2. The molecular weight excluding hydrogens is 274 g/mol. The highest BCUT2D eigenvalue weighted by molar-refractivity contribution is 8.14. The molecule has 1 fully saturated rings. The summed E-state index contributed by atoms with van der Waals surface area (Å²) in [5.41, 5.74) is 1.88. The summed E-state index contributed by atoms with van der Waals surface area (Å²) < 4.78 is 1.79. The summed E-state index contributed by atoms with van der Waals surface area (Å²) in [7, 11) is 1.88. The van der Waals surface area contributed by atoms with Crippen molar-refractivity contribution < 1.29 is 9.59 Å². The number of benzene rings is 1. The molecule has 2 aromatic rings. The largest absolute Gasteiger partial charge is 0.311 e. The van der Waals surface area contributed by atoms with E-state index in [1.807, 2.05) is 25.2 Å². The molecule has 3 rings (SSSR count). The second kappa shape index (κ2) is 4.94. The lowest BCUT2D eigenvalue weighted by Gasteiger charge is -2.17. The minimum Gasteiger partial charge on any atom is -0.311 e. The van der Waals surface area contributed by atoms with Gasteiger partial charge in [0, 0.05) is 37.6 Å². The van der Waals surface area contributed by atoms with Gasteiger partial charge in [-0.25, -0.2) is 0 Å². The van der Waals surface area contributed by atoms with Crippen LogP contribution < -0.4 is 4.90 Å². The first-order chi connectivity index (χ1) is 9.56. The number of anilines is 1. The maximum Gasteiger partial charge on any atom is 0.228 e. The second-order valence-corrected chi connectivity index (χ2v) is 6.40. The Morgan fingerprint density at radius 2 is 2.25 bits per heavy atom. The Bertz CT molecular complexity index is 695. The summed E-state index contributed by atoms with van der Waals surface area (Å²) in [6.45, 7) is 2.12. The molecule has 0 aliphatic carbocycles. The van der Waals surface area contributed by atoms with Crippen LogP contribution >= 0.6 is 11.8 Å². The summed E-state index contributed by atoms with van der Waals surface area (Å²) in [5.74, 6) is 0.0695. The van der Waals surface area contributed by atoms with Crippen LogP contribution in [0.15, 0.2) is 24.4 Å². The van der Waals surface area contributed by atoms with Crippen LogP contribution in [0.3, 0.4) is 0 Å². The Hall–Kier alpha value is -1.82. The third kappa shape index (κ3) is 2.20. The molecule has 1 amide bonds. The third-order valence-corrected chi connectivity index (χ3v) is 4.46. The fourth-order valence-electron chi connectivity index (χ4n) is 2.62. The quantitative estimate of drug-likeness (QED) is 0.848. The fourth-order valence-corrected chi connectivity index (χ4v) is 3.54. The van der Waals surface area contributed by atoms with Gasteiger partial charge in [-0.2, -0.15) is 5.10 Å². The van der Waals surface area contributed by atoms with Gasteiger partial charge in [-0.15, -0.1) is 0 Å². The first kappa shape index (κ1) is 13.2. The Balaban J connectivity index is 1.95. The molecule has 104 valence electrons. The van der Waals surface area contributed by atoms with Gasteiger partial charge in [-0.3, -0.25) is 14.3 Å². The van der Waals surface area contributed by atoms with E-state index in [0.29, 0.717) is 13.0 Å². The highest BCUT2D eigenvalue weighted by atomic mass is 32.2. The summed E-state index contributed by atoms with van der Waals surface area (Å²) >= 11 is 1.25. The SMILES string of the molecule is CC(=O)SC1CC(=O)N(c2cccc3c2cnn3C)C1. The van der Waals surface area contributed by atoms with E-state index in [1.54, 1.807) is 22.7 Å². The molecule has 1 unspecified atom stereocenters. The molecule has 1 aromatic heterocycles. The van der Waals surface area contributed by atoms with Crippen LogP contribution in [0, 0.1) is 0 Å². The molecule has 1 atom stereocenters. The lowest BCUT2D eigenvalue weighted by Crippen LogP contribution is -2.25. The normalized spacial score (nSPS) is 19.0. The number of rotatable bonds is 2. The van der Waals surface area contributed by atoms with Gasteiger partial charge < -0.3 is 4.90 Å². The number of fused-ring (bicyclic) bond motifs is 1. The monoisotopic (exact) mass is 289 g/mol. The van der Waals surface area contributed by atoms with Crippen LogP contribution in [0.25, 0.3) is 10.9 Å². The number of aromatic nitrogens is 2. The van der Waals surface area contributed by atoms with Crippen LogP contribution in [-0.4, -0.2) is 32.6 Å². The summed E-state index contributed by atoms with van der Waals surface area (Å²) in [5, 5.41) is 5.32. The van der Waals surface area contributed by atoms with Gasteiger partial charge >= 0.3 is 0 Å². The molecule has 0 radical (unpaired) electrons. The van der Waals surface area contributed by atoms with Gasteiger partial charge in [0.1, 0.15) is 0 Å². The van der Waals surface area contributed by atoms with E-state index in [-0.39, 0.29) is 16.3 Å². The molecule has 1 aliphatic heterocycles. The van der Waals surface area contributed by atoms with Crippen LogP contribution in [0.5, 0.6) is 0 Å². The van der Waals surface area contributed by atoms with E-state index in [9.17, 15) is 9.59 Å². The maximum atomic E-state index is 12.2. The number of thioether (sulfide) groups is 1. The van der Waals surface area contributed by atoms with Gasteiger partial charge in [-0.05, 0) is 12.1 Å². The molecule has 20 heavy (non-hydrogen) atoms. The first-order valence-electron chi connectivity index (χ1n) is 6.44. The van der Waals surface area contributed by atoms with Crippen LogP contribution in [0.4, 0.5) is 5.69 Å². The van der Waals surface area contributed by atoms with Gasteiger partial charge in [0.05, 0.1) is 17.4 Å². The van der Waals surface area contributed by atoms with Crippen molar-refractivity contribution in [2.24, 2.45) is 7.05 Å². The predicted octanol–water partition coefficient (Wildman–Crippen LogP) is 1.96. The maximum absolute atomic E-state index is 12.2. The van der Waals surface area contributed by atoms with Crippen molar-refractivity contribution in [2.75, 3.05) is 11.4 Å². The third-order valence-electron chi connectivity index (χ3n) is 3.48. The van der Waals surface area contributed by atoms with E-state index in [1.165, 1.54) is 11.8 Å². The van der Waals surface area contributed by atoms with Crippen molar-refractivity contribution in [1.29, 1.82) is 0 Å². The van der Waals surface area contributed by atoms with Gasteiger partial charge in [0.2, 0.25) is 5.91 Å². The summed E-state index contributed by atoms with van der Waals surface area (Å²) in [6.07, 6.45) is 2.20. The fraction of sp³-hybridized carbons (Fsp3) is 0.357. The van der Waals surface area contributed by atoms with Crippen molar-refractivity contribution in [3.8, 4) is 0 Å². The number of carbonyl (C=O) groups is 2. The average molecular weight is 289 g/mol. The minimum absolute atomic E-state index is 0.0481.